The second kappa shape index (κ2) is 6.20. The van der Waals surface area contributed by atoms with Crippen LogP contribution in [0, 0.1) is 0 Å². The molecule has 2 rings (SSSR count). The zero-order valence-electron chi connectivity index (χ0n) is 14.2. The Bertz CT molecular complexity index is 745. The zero-order valence-corrected chi connectivity index (χ0v) is 15.7. The van der Waals surface area contributed by atoms with E-state index in [1.54, 1.807) is 45.0 Å². The van der Waals surface area contributed by atoms with Crippen molar-refractivity contribution < 1.29 is 17.9 Å². The van der Waals surface area contributed by atoms with E-state index >= 15 is 0 Å². The number of benzene rings is 1. The zero-order chi connectivity index (χ0) is 18.3. The fourth-order valence-electron chi connectivity index (χ4n) is 3.14. The van der Waals surface area contributed by atoms with Gasteiger partial charge in [0.05, 0.1) is 10.8 Å². The lowest BCUT2D eigenvalue weighted by atomic mass is 10.1. The molecule has 1 aliphatic carbocycles. The van der Waals surface area contributed by atoms with Gasteiger partial charge in [0.15, 0.2) is 9.84 Å². The average molecular weight is 375 g/mol. The predicted octanol–water partition coefficient (Wildman–Crippen LogP) is 2.07. The normalized spacial score (nSPS) is 26.8. The largest absolute Gasteiger partial charge is 0.444 e. The van der Waals surface area contributed by atoms with Crippen molar-refractivity contribution in [2.24, 2.45) is 5.73 Å². The Labute approximate surface area is 147 Å². The Hall–Kier alpha value is -1.31. The lowest BCUT2D eigenvalue weighted by molar-refractivity contribution is 0.0497. The van der Waals surface area contributed by atoms with Crippen molar-refractivity contribution in [1.82, 2.24) is 5.32 Å². The van der Waals surface area contributed by atoms with Gasteiger partial charge >= 0.3 is 6.09 Å². The number of carbonyl (C=O) groups is 1. The number of alkyl carbamates (subject to hydrolysis) is 1. The number of ether oxygens (including phenoxy) is 1. The quantitative estimate of drug-likeness (QED) is 0.840. The first-order valence-electron chi connectivity index (χ1n) is 7.56. The van der Waals surface area contributed by atoms with E-state index in [-0.39, 0.29) is 6.54 Å². The number of amides is 1. The topological polar surface area (TPSA) is 98.5 Å². The van der Waals surface area contributed by atoms with Crippen LogP contribution in [-0.4, -0.2) is 43.7 Å². The maximum Gasteiger partial charge on any atom is 0.408 e. The standard InChI is InChI=1S/C16H23ClN2O4S/c1-15(2,3)23-14(20)19-16(9-18)12(13(16)24(4,21)22)10-6-5-7-11(17)8-10/h5-8,12-13H,9,18H2,1-4H3,(H,19,20)/t12-,13-,16-/m1/s1. The molecular formula is C16H23ClN2O4S. The third-order valence-corrected chi connectivity index (χ3v) is 5.85. The molecule has 0 radical (unpaired) electrons. The van der Waals surface area contributed by atoms with E-state index in [1.165, 1.54) is 0 Å². The highest BCUT2D eigenvalue weighted by molar-refractivity contribution is 7.91. The molecular weight excluding hydrogens is 352 g/mol. The molecule has 1 aromatic carbocycles. The van der Waals surface area contributed by atoms with Crippen LogP contribution in [0.3, 0.4) is 0 Å². The number of rotatable bonds is 4. The van der Waals surface area contributed by atoms with Gasteiger partial charge < -0.3 is 15.8 Å². The average Bonchev–Trinajstić information content (AvgIpc) is 3.05. The van der Waals surface area contributed by atoms with Crippen LogP contribution in [0.25, 0.3) is 0 Å². The lowest BCUT2D eigenvalue weighted by Gasteiger charge is -2.24. The van der Waals surface area contributed by atoms with E-state index in [2.05, 4.69) is 5.32 Å². The monoisotopic (exact) mass is 374 g/mol. The van der Waals surface area contributed by atoms with E-state index in [0.29, 0.717) is 5.02 Å². The molecule has 0 heterocycles. The molecule has 1 aromatic rings. The van der Waals surface area contributed by atoms with Gasteiger partial charge in [-0.3, -0.25) is 0 Å². The molecule has 0 spiro atoms. The van der Waals surface area contributed by atoms with Gasteiger partial charge in [-0.2, -0.15) is 0 Å². The summed E-state index contributed by atoms with van der Waals surface area (Å²) in [6.07, 6.45) is 0.453. The van der Waals surface area contributed by atoms with Crippen LogP contribution in [-0.2, 0) is 14.6 Å². The van der Waals surface area contributed by atoms with Crippen LogP contribution in [0.5, 0.6) is 0 Å². The van der Waals surface area contributed by atoms with E-state index in [0.717, 1.165) is 11.8 Å². The summed E-state index contributed by atoms with van der Waals surface area (Å²) in [5.41, 5.74) is 4.80. The predicted molar refractivity (Wildman–Crippen MR) is 94.0 cm³/mol. The summed E-state index contributed by atoms with van der Waals surface area (Å²) in [6, 6.07) is 6.92. The van der Waals surface area contributed by atoms with Crippen molar-refractivity contribution >= 4 is 27.5 Å². The minimum absolute atomic E-state index is 0.0266. The Morgan fingerprint density at radius 1 is 1.42 bits per heavy atom. The molecule has 1 aliphatic rings. The minimum atomic E-state index is -3.44. The van der Waals surface area contributed by atoms with Gasteiger partial charge in [0, 0.05) is 23.7 Å². The van der Waals surface area contributed by atoms with Crippen molar-refractivity contribution in [2.45, 2.75) is 43.1 Å². The molecule has 1 amide bonds. The Balaban J connectivity index is 2.37. The van der Waals surface area contributed by atoms with Gasteiger partial charge in [-0.05, 0) is 38.5 Å². The molecule has 0 bridgehead atoms. The number of sulfone groups is 1. The van der Waals surface area contributed by atoms with Gasteiger partial charge in [0.2, 0.25) is 0 Å². The number of halogens is 1. The molecule has 3 N–H and O–H groups in total. The molecule has 3 atom stereocenters. The maximum atomic E-state index is 12.2. The summed E-state index contributed by atoms with van der Waals surface area (Å²) in [7, 11) is -3.44. The Kier molecular flexibility index (Phi) is 4.92. The van der Waals surface area contributed by atoms with Gasteiger partial charge in [-0.1, -0.05) is 23.7 Å². The van der Waals surface area contributed by atoms with E-state index < -0.39 is 38.2 Å². The minimum Gasteiger partial charge on any atom is -0.444 e. The molecule has 1 saturated carbocycles. The van der Waals surface area contributed by atoms with Crippen LogP contribution in [0.4, 0.5) is 4.79 Å². The van der Waals surface area contributed by atoms with Crippen molar-refractivity contribution in [1.29, 1.82) is 0 Å². The van der Waals surface area contributed by atoms with E-state index in [1.807, 2.05) is 0 Å². The number of hydrogen-bond acceptors (Lipinski definition) is 5. The van der Waals surface area contributed by atoms with Crippen molar-refractivity contribution in [3.63, 3.8) is 0 Å². The van der Waals surface area contributed by atoms with Crippen LogP contribution in [0.2, 0.25) is 5.02 Å². The first-order chi connectivity index (χ1) is 10.9. The van der Waals surface area contributed by atoms with Gasteiger partial charge in [0.25, 0.3) is 0 Å². The van der Waals surface area contributed by atoms with Crippen molar-refractivity contribution in [3.05, 3.63) is 34.9 Å². The van der Waals surface area contributed by atoms with Gasteiger partial charge in [0.1, 0.15) is 5.60 Å². The smallest absolute Gasteiger partial charge is 0.408 e. The lowest BCUT2D eigenvalue weighted by Crippen LogP contribution is -2.48. The first-order valence-corrected chi connectivity index (χ1v) is 9.89. The highest BCUT2D eigenvalue weighted by Crippen LogP contribution is 2.55. The number of nitrogens with one attached hydrogen (secondary N) is 1. The van der Waals surface area contributed by atoms with Crippen LogP contribution in [0.15, 0.2) is 24.3 Å². The third kappa shape index (κ3) is 3.84. The highest BCUT2D eigenvalue weighted by Gasteiger charge is 2.70. The molecule has 0 aliphatic heterocycles. The summed E-state index contributed by atoms with van der Waals surface area (Å²) in [4.78, 5) is 12.2. The molecule has 24 heavy (non-hydrogen) atoms. The van der Waals surface area contributed by atoms with E-state index in [4.69, 9.17) is 22.1 Å². The van der Waals surface area contributed by atoms with Crippen LogP contribution >= 0.6 is 11.6 Å². The molecule has 1 fully saturated rings. The third-order valence-electron chi connectivity index (χ3n) is 4.00. The van der Waals surface area contributed by atoms with Crippen molar-refractivity contribution in [2.75, 3.05) is 12.8 Å². The molecule has 0 aromatic heterocycles. The maximum absolute atomic E-state index is 12.2. The first kappa shape index (κ1) is 19.0. The molecule has 134 valence electrons. The SMILES string of the molecule is CC(C)(C)OC(=O)N[C@]1(CN)[C@H](c2cccc(Cl)c2)[C@H]1S(C)(=O)=O. The molecule has 0 unspecified atom stereocenters. The van der Waals surface area contributed by atoms with E-state index in [9.17, 15) is 13.2 Å². The summed E-state index contributed by atoms with van der Waals surface area (Å²) in [6.45, 7) is 5.17. The van der Waals surface area contributed by atoms with Crippen LogP contribution < -0.4 is 11.1 Å². The highest BCUT2D eigenvalue weighted by atomic mass is 35.5. The number of hydrogen-bond donors (Lipinski definition) is 2. The molecule has 8 heteroatoms. The fraction of sp³-hybridized carbons (Fsp3) is 0.562. The number of nitrogens with two attached hydrogens (primary N) is 1. The summed E-state index contributed by atoms with van der Waals surface area (Å²) in [5, 5.41) is 2.37. The Morgan fingerprint density at radius 3 is 2.50 bits per heavy atom. The second-order valence-corrected chi connectivity index (χ2v) is 9.76. The van der Waals surface area contributed by atoms with Gasteiger partial charge in [-0.15, -0.1) is 0 Å². The molecule has 0 saturated heterocycles. The number of carbonyl (C=O) groups excluding carboxylic acids is 1. The van der Waals surface area contributed by atoms with Crippen LogP contribution in [0.1, 0.15) is 32.3 Å². The summed E-state index contributed by atoms with van der Waals surface area (Å²) >= 11 is 6.02. The van der Waals surface area contributed by atoms with Gasteiger partial charge in [-0.25, -0.2) is 13.2 Å². The van der Waals surface area contributed by atoms with Crippen molar-refractivity contribution in [3.8, 4) is 0 Å². The summed E-state index contributed by atoms with van der Waals surface area (Å²) < 4.78 is 29.7. The summed E-state index contributed by atoms with van der Waals surface area (Å²) in [5.74, 6) is -0.469. The fourth-order valence-corrected chi connectivity index (χ4v) is 5.22. The second-order valence-electron chi connectivity index (χ2n) is 7.15. The molecule has 6 nitrogen and oxygen atoms in total. The Morgan fingerprint density at radius 2 is 2.04 bits per heavy atom.